The maximum absolute atomic E-state index is 11.9. The molecule has 1 aliphatic rings. The number of hydrogen-bond acceptors (Lipinski definition) is 3. The molecule has 0 unspecified atom stereocenters. The predicted octanol–water partition coefficient (Wildman–Crippen LogP) is 1.99. The lowest BCUT2D eigenvalue weighted by molar-refractivity contribution is 0.219. The van der Waals surface area contributed by atoms with Gasteiger partial charge < -0.3 is 4.90 Å². The van der Waals surface area contributed by atoms with Crippen molar-refractivity contribution >= 4 is 34.2 Å². The highest BCUT2D eigenvalue weighted by molar-refractivity contribution is 14.1. The van der Waals surface area contributed by atoms with Crippen LogP contribution in [0, 0.1) is 3.57 Å². The lowest BCUT2D eigenvalue weighted by Crippen LogP contribution is -2.35. The van der Waals surface area contributed by atoms with Gasteiger partial charge in [0.1, 0.15) is 8.72 Å². The van der Waals surface area contributed by atoms with Crippen molar-refractivity contribution in [2.45, 2.75) is 25.8 Å². The van der Waals surface area contributed by atoms with Crippen LogP contribution < -0.4 is 5.56 Å². The molecule has 0 saturated carbocycles. The van der Waals surface area contributed by atoms with E-state index in [0.29, 0.717) is 15.3 Å². The van der Waals surface area contributed by atoms with Crippen LogP contribution in [0.5, 0.6) is 0 Å². The first-order chi connectivity index (χ1) is 8.18. The molecule has 1 fully saturated rings. The Bertz CT molecular complexity index is 443. The van der Waals surface area contributed by atoms with Gasteiger partial charge in [-0.05, 0) is 48.5 Å². The average molecular weight is 368 g/mol. The second kappa shape index (κ2) is 6.15. The first kappa shape index (κ1) is 13.3. The number of hydrogen-bond donors (Lipinski definition) is 0. The van der Waals surface area contributed by atoms with Gasteiger partial charge in [-0.3, -0.25) is 9.36 Å². The Kier molecular flexibility index (Phi) is 4.81. The Labute approximate surface area is 119 Å². The van der Waals surface area contributed by atoms with E-state index in [9.17, 15) is 4.79 Å². The molecule has 2 heterocycles. The number of rotatable bonds is 3. The quantitative estimate of drug-likeness (QED) is 0.606. The van der Waals surface area contributed by atoms with Crippen molar-refractivity contribution in [3.8, 4) is 0 Å². The molecule has 0 spiro atoms. The predicted molar refractivity (Wildman–Crippen MR) is 76.5 cm³/mol. The van der Waals surface area contributed by atoms with Crippen LogP contribution in [0.3, 0.4) is 0 Å². The second-order valence-electron chi connectivity index (χ2n) is 4.25. The summed E-state index contributed by atoms with van der Waals surface area (Å²) in [6, 6.07) is 0. The summed E-state index contributed by atoms with van der Waals surface area (Å²) in [6.45, 7) is 3.90. The van der Waals surface area contributed by atoms with E-state index in [1.54, 1.807) is 4.57 Å². The maximum atomic E-state index is 11.9. The number of piperidine rings is 1. The van der Waals surface area contributed by atoms with Crippen molar-refractivity contribution in [2.24, 2.45) is 0 Å². The van der Waals surface area contributed by atoms with Gasteiger partial charge in [-0.25, -0.2) is 4.98 Å². The van der Waals surface area contributed by atoms with Crippen LogP contribution in [0.1, 0.15) is 19.3 Å². The molecule has 0 amide bonds. The van der Waals surface area contributed by atoms with E-state index in [1.165, 1.54) is 25.6 Å². The van der Waals surface area contributed by atoms with Gasteiger partial charge in [-0.15, -0.1) is 0 Å². The van der Waals surface area contributed by atoms with E-state index >= 15 is 0 Å². The monoisotopic (exact) mass is 367 g/mol. The summed E-state index contributed by atoms with van der Waals surface area (Å²) < 4.78 is 2.15. The standard InChI is InChI=1S/C11H15ClIN3O/c12-10-9(13)11(17)16(8-14-10)7-6-15-4-2-1-3-5-15/h8H,1-7H2. The van der Waals surface area contributed by atoms with Crippen molar-refractivity contribution in [1.82, 2.24) is 14.5 Å². The fourth-order valence-electron chi connectivity index (χ4n) is 2.04. The molecule has 0 aromatic carbocycles. The summed E-state index contributed by atoms with van der Waals surface area (Å²) >= 11 is 7.74. The number of likely N-dealkylation sites (tertiary alicyclic amines) is 1. The summed E-state index contributed by atoms with van der Waals surface area (Å²) in [5.74, 6) is 0. The van der Waals surface area contributed by atoms with Gasteiger partial charge in [0, 0.05) is 13.1 Å². The largest absolute Gasteiger partial charge is 0.302 e. The van der Waals surface area contributed by atoms with Crippen molar-refractivity contribution < 1.29 is 0 Å². The SMILES string of the molecule is O=c1c(I)c(Cl)ncn1CCN1CCCCC1. The fourth-order valence-corrected chi connectivity index (χ4v) is 2.61. The molecule has 2 rings (SSSR count). The zero-order chi connectivity index (χ0) is 12.3. The van der Waals surface area contributed by atoms with Crippen LogP contribution in [-0.2, 0) is 6.54 Å². The molecule has 4 nitrogen and oxygen atoms in total. The van der Waals surface area contributed by atoms with Crippen molar-refractivity contribution in [1.29, 1.82) is 0 Å². The highest BCUT2D eigenvalue weighted by Gasteiger charge is 2.11. The molecule has 1 aliphatic heterocycles. The zero-order valence-corrected chi connectivity index (χ0v) is 12.4. The lowest BCUT2D eigenvalue weighted by Gasteiger charge is -2.26. The minimum atomic E-state index is -0.0393. The van der Waals surface area contributed by atoms with E-state index in [0.717, 1.165) is 19.6 Å². The number of aromatic nitrogens is 2. The minimum absolute atomic E-state index is 0.0393. The molecule has 0 atom stereocenters. The normalized spacial score (nSPS) is 17.3. The third-order valence-electron chi connectivity index (χ3n) is 3.05. The van der Waals surface area contributed by atoms with E-state index in [4.69, 9.17) is 11.6 Å². The Morgan fingerprint density at radius 3 is 2.71 bits per heavy atom. The van der Waals surface area contributed by atoms with Crippen molar-refractivity contribution in [3.63, 3.8) is 0 Å². The Balaban J connectivity index is 1.99. The van der Waals surface area contributed by atoms with Gasteiger partial charge in [-0.2, -0.15) is 0 Å². The van der Waals surface area contributed by atoms with Gasteiger partial charge >= 0.3 is 0 Å². The molecule has 0 aliphatic carbocycles. The highest BCUT2D eigenvalue weighted by Crippen LogP contribution is 2.10. The molecule has 0 bridgehead atoms. The summed E-state index contributed by atoms with van der Waals surface area (Å²) in [5.41, 5.74) is -0.0393. The molecule has 94 valence electrons. The molecule has 1 aromatic rings. The van der Waals surface area contributed by atoms with E-state index < -0.39 is 0 Å². The topological polar surface area (TPSA) is 38.1 Å². The Hall–Kier alpha value is -0.140. The van der Waals surface area contributed by atoms with E-state index in [1.807, 2.05) is 22.6 Å². The zero-order valence-electron chi connectivity index (χ0n) is 9.53. The summed E-state index contributed by atoms with van der Waals surface area (Å²) in [5, 5.41) is 0.296. The Morgan fingerprint density at radius 2 is 2.00 bits per heavy atom. The van der Waals surface area contributed by atoms with Crippen LogP contribution in [0.2, 0.25) is 5.15 Å². The smallest absolute Gasteiger partial charge is 0.268 e. The molecule has 17 heavy (non-hydrogen) atoms. The highest BCUT2D eigenvalue weighted by atomic mass is 127. The van der Waals surface area contributed by atoms with Gasteiger partial charge in [0.25, 0.3) is 5.56 Å². The number of nitrogens with zero attached hydrogens (tertiary/aromatic N) is 3. The number of halogens is 2. The van der Waals surface area contributed by atoms with Gasteiger partial charge in [0.15, 0.2) is 0 Å². The minimum Gasteiger partial charge on any atom is -0.302 e. The fraction of sp³-hybridized carbons (Fsp3) is 0.636. The molecular formula is C11H15ClIN3O. The van der Waals surface area contributed by atoms with Crippen molar-refractivity contribution in [2.75, 3.05) is 19.6 Å². The van der Waals surface area contributed by atoms with Crippen LogP contribution in [-0.4, -0.2) is 34.1 Å². The first-order valence-corrected chi connectivity index (χ1v) is 7.27. The van der Waals surface area contributed by atoms with Crippen LogP contribution in [0.4, 0.5) is 0 Å². The summed E-state index contributed by atoms with van der Waals surface area (Å²) in [6.07, 6.45) is 5.41. The average Bonchev–Trinajstić information content (AvgIpc) is 2.36. The third-order valence-corrected chi connectivity index (χ3v) is 4.62. The van der Waals surface area contributed by atoms with Crippen LogP contribution in [0.15, 0.2) is 11.1 Å². The van der Waals surface area contributed by atoms with Crippen LogP contribution in [0.25, 0.3) is 0 Å². The van der Waals surface area contributed by atoms with Gasteiger partial charge in [-0.1, -0.05) is 18.0 Å². The molecule has 0 N–H and O–H groups in total. The van der Waals surface area contributed by atoms with Gasteiger partial charge in [0.05, 0.1) is 6.33 Å². The first-order valence-electron chi connectivity index (χ1n) is 5.81. The molecule has 6 heteroatoms. The van der Waals surface area contributed by atoms with Crippen LogP contribution >= 0.6 is 34.2 Å². The molecule has 1 saturated heterocycles. The Morgan fingerprint density at radius 1 is 1.29 bits per heavy atom. The van der Waals surface area contributed by atoms with E-state index in [2.05, 4.69) is 9.88 Å². The maximum Gasteiger partial charge on any atom is 0.268 e. The molecule has 1 aromatic heterocycles. The molecule has 0 radical (unpaired) electrons. The summed E-state index contributed by atoms with van der Waals surface area (Å²) in [7, 11) is 0. The third kappa shape index (κ3) is 3.42. The van der Waals surface area contributed by atoms with E-state index in [-0.39, 0.29) is 5.56 Å². The lowest BCUT2D eigenvalue weighted by atomic mass is 10.1. The summed E-state index contributed by atoms with van der Waals surface area (Å²) in [4.78, 5) is 18.3. The van der Waals surface area contributed by atoms with Gasteiger partial charge in [0.2, 0.25) is 0 Å². The van der Waals surface area contributed by atoms with Crippen molar-refractivity contribution in [3.05, 3.63) is 25.4 Å². The second-order valence-corrected chi connectivity index (χ2v) is 5.69. The molecular weight excluding hydrogens is 352 g/mol.